The van der Waals surface area contributed by atoms with Gasteiger partial charge in [0.1, 0.15) is 0 Å². The monoisotopic (exact) mass is 566 g/mol. The summed E-state index contributed by atoms with van der Waals surface area (Å²) < 4.78 is 116. The molecular weight excluding hydrogens is 539 g/mol. The van der Waals surface area contributed by atoms with Crippen molar-refractivity contribution in [3.8, 4) is 0 Å². The molecule has 0 N–H and O–H groups in total. The van der Waals surface area contributed by atoms with Gasteiger partial charge in [-0.2, -0.15) is 13.2 Å². The Morgan fingerprint density at radius 1 is 0.892 bits per heavy atom. The predicted molar refractivity (Wildman–Crippen MR) is 127 cm³/mol. The largest absolute Gasteiger partial charge is 0.416 e. The molecule has 204 valence electrons. The molecule has 0 atom stereocenters. The van der Waals surface area contributed by atoms with E-state index >= 15 is 0 Å². The molecule has 0 radical (unpaired) electrons. The van der Waals surface area contributed by atoms with Crippen molar-refractivity contribution in [2.75, 3.05) is 6.26 Å². The van der Waals surface area contributed by atoms with Crippen LogP contribution in [0.2, 0.25) is 0 Å². The smallest absolute Gasteiger partial charge is 0.294 e. The minimum Gasteiger partial charge on any atom is -0.294 e. The summed E-state index contributed by atoms with van der Waals surface area (Å²) in [6.07, 6.45) is -3.46. The molecule has 37 heavy (non-hydrogen) atoms. The van der Waals surface area contributed by atoms with E-state index in [4.69, 9.17) is 0 Å². The lowest BCUT2D eigenvalue weighted by Crippen LogP contribution is -2.46. The van der Waals surface area contributed by atoms with Crippen LogP contribution in [0.5, 0.6) is 0 Å². The molecule has 2 aromatic rings. The number of halogens is 5. The van der Waals surface area contributed by atoms with Crippen molar-refractivity contribution in [3.05, 3.63) is 59.2 Å². The summed E-state index contributed by atoms with van der Waals surface area (Å²) in [5.74, 6) is -4.64. The van der Waals surface area contributed by atoms with E-state index in [0.29, 0.717) is 13.0 Å². The summed E-state index contributed by atoms with van der Waals surface area (Å²) in [7, 11) is -8.16. The number of carbonyl (C=O) groups is 1. The molecule has 0 amide bonds. The summed E-state index contributed by atoms with van der Waals surface area (Å²) in [6.45, 7) is 3.47. The van der Waals surface area contributed by atoms with E-state index in [1.165, 1.54) is 13.8 Å². The van der Waals surface area contributed by atoms with Crippen LogP contribution in [-0.2, 0) is 31.8 Å². The summed E-state index contributed by atoms with van der Waals surface area (Å²) in [5, 5.41) is 0. The molecular formula is C25H27F5O5S2. The molecule has 0 bridgehead atoms. The van der Waals surface area contributed by atoms with Gasteiger partial charge in [0.05, 0.1) is 20.1 Å². The van der Waals surface area contributed by atoms with Crippen LogP contribution in [-0.4, -0.2) is 33.6 Å². The number of rotatable bonds is 8. The van der Waals surface area contributed by atoms with E-state index in [2.05, 4.69) is 0 Å². The van der Waals surface area contributed by atoms with Crippen molar-refractivity contribution in [3.63, 3.8) is 0 Å². The normalized spacial score (nSPS) is 19.4. The highest BCUT2D eigenvalue weighted by molar-refractivity contribution is 7.92. The Kier molecular flexibility index (Phi) is 7.46. The van der Waals surface area contributed by atoms with Crippen LogP contribution in [0.3, 0.4) is 0 Å². The summed E-state index contributed by atoms with van der Waals surface area (Å²) in [6, 6.07) is 6.38. The van der Waals surface area contributed by atoms with Gasteiger partial charge in [0.25, 0.3) is 5.92 Å². The average molecular weight is 567 g/mol. The predicted octanol–water partition coefficient (Wildman–Crippen LogP) is 6.07. The zero-order valence-electron chi connectivity index (χ0n) is 20.6. The van der Waals surface area contributed by atoms with Crippen molar-refractivity contribution < 1.29 is 43.6 Å². The lowest BCUT2D eigenvalue weighted by atomic mass is 9.67. The topological polar surface area (TPSA) is 85.3 Å². The van der Waals surface area contributed by atoms with E-state index in [9.17, 15) is 43.6 Å². The number of hydrogen-bond donors (Lipinski definition) is 0. The number of carbonyl (C=O) groups excluding carboxylic acids is 1. The molecule has 0 aliphatic heterocycles. The van der Waals surface area contributed by atoms with E-state index in [1.54, 1.807) is 0 Å². The fraction of sp³-hybridized carbons (Fsp3) is 0.480. The Bertz CT molecular complexity index is 1420. The Labute approximate surface area is 212 Å². The molecule has 1 fully saturated rings. The van der Waals surface area contributed by atoms with E-state index in [-0.39, 0.29) is 30.7 Å². The summed E-state index contributed by atoms with van der Waals surface area (Å²) in [5.41, 5.74) is -1.83. The van der Waals surface area contributed by atoms with Crippen LogP contribution in [0.25, 0.3) is 0 Å². The van der Waals surface area contributed by atoms with Crippen molar-refractivity contribution in [2.24, 2.45) is 11.8 Å². The number of benzene rings is 2. The first-order valence-corrected chi connectivity index (χ1v) is 14.7. The molecule has 12 heteroatoms. The molecule has 1 saturated carbocycles. The highest BCUT2D eigenvalue weighted by Crippen LogP contribution is 2.48. The van der Waals surface area contributed by atoms with E-state index < -0.39 is 69.1 Å². The first-order chi connectivity index (χ1) is 16.7. The van der Waals surface area contributed by atoms with Gasteiger partial charge in [0.15, 0.2) is 25.5 Å². The molecule has 0 saturated heterocycles. The van der Waals surface area contributed by atoms with Gasteiger partial charge in [-0.05, 0) is 68.9 Å². The first-order valence-electron chi connectivity index (χ1n) is 11.3. The van der Waals surface area contributed by atoms with E-state index in [0.717, 1.165) is 42.7 Å². The second-order valence-corrected chi connectivity index (χ2v) is 14.7. The van der Waals surface area contributed by atoms with Crippen molar-refractivity contribution in [2.45, 2.75) is 66.7 Å². The number of Topliss-reactive ketones (excluding diaryl/α,β-unsaturated/α-hetero) is 1. The van der Waals surface area contributed by atoms with Gasteiger partial charge in [-0.3, -0.25) is 4.79 Å². The molecule has 3 rings (SSSR count). The number of alkyl halides is 5. The van der Waals surface area contributed by atoms with Gasteiger partial charge < -0.3 is 0 Å². The van der Waals surface area contributed by atoms with Crippen molar-refractivity contribution >= 4 is 25.5 Å². The Morgan fingerprint density at radius 2 is 1.49 bits per heavy atom. The number of ketones is 1. The zero-order chi connectivity index (χ0) is 28.2. The lowest BCUT2D eigenvalue weighted by molar-refractivity contribution is -0.137. The van der Waals surface area contributed by atoms with Crippen LogP contribution < -0.4 is 0 Å². The molecule has 0 aromatic heterocycles. The zero-order valence-corrected chi connectivity index (χ0v) is 22.2. The highest BCUT2D eigenvalue weighted by atomic mass is 32.2. The maximum atomic E-state index is 13.7. The Morgan fingerprint density at radius 3 is 2.00 bits per heavy atom. The molecule has 2 aromatic carbocycles. The van der Waals surface area contributed by atoms with Gasteiger partial charge in [-0.1, -0.05) is 12.1 Å². The van der Waals surface area contributed by atoms with Crippen molar-refractivity contribution in [1.82, 2.24) is 0 Å². The maximum Gasteiger partial charge on any atom is 0.416 e. The second-order valence-electron chi connectivity index (χ2n) is 10.2. The fourth-order valence-electron chi connectivity index (χ4n) is 4.54. The maximum absolute atomic E-state index is 13.7. The lowest BCUT2D eigenvalue weighted by Gasteiger charge is -2.44. The third-order valence-electron chi connectivity index (χ3n) is 7.05. The summed E-state index contributed by atoms with van der Waals surface area (Å²) in [4.78, 5) is 12.0. The van der Waals surface area contributed by atoms with E-state index in [1.807, 2.05) is 0 Å². The van der Waals surface area contributed by atoms with Gasteiger partial charge in [0, 0.05) is 30.7 Å². The molecule has 5 nitrogen and oxygen atoms in total. The minimum absolute atomic E-state index is 0.124. The molecule has 0 unspecified atom stereocenters. The van der Waals surface area contributed by atoms with Gasteiger partial charge in [0.2, 0.25) is 0 Å². The SMILES string of the molecule is CC(F)(F)c1ccc(C(=O)CC2CC(C(C)(C)S(=O)(=O)c3cccc(C(F)(F)F)c3)C2)c(S(C)(=O)=O)c1. The van der Waals surface area contributed by atoms with Crippen LogP contribution in [0.4, 0.5) is 22.0 Å². The van der Waals surface area contributed by atoms with Crippen LogP contribution in [0.1, 0.15) is 61.5 Å². The van der Waals surface area contributed by atoms with Crippen molar-refractivity contribution in [1.29, 1.82) is 0 Å². The fourth-order valence-corrected chi connectivity index (χ4v) is 7.24. The second kappa shape index (κ2) is 9.44. The third-order valence-corrected chi connectivity index (χ3v) is 10.8. The Hall–Kier alpha value is -2.34. The van der Waals surface area contributed by atoms with Gasteiger partial charge >= 0.3 is 6.18 Å². The molecule has 1 aliphatic rings. The Balaban J connectivity index is 1.77. The quantitative estimate of drug-likeness (QED) is 0.286. The highest BCUT2D eigenvalue weighted by Gasteiger charge is 2.49. The van der Waals surface area contributed by atoms with Gasteiger partial charge in [-0.25, -0.2) is 25.6 Å². The average Bonchev–Trinajstić information content (AvgIpc) is 2.73. The first kappa shape index (κ1) is 29.2. The summed E-state index contributed by atoms with van der Waals surface area (Å²) >= 11 is 0. The van der Waals surface area contributed by atoms with Crippen LogP contribution >= 0.6 is 0 Å². The minimum atomic E-state index is -4.70. The standard InChI is InChI=1S/C25H27F5O5S2/c1-23(2,37(34,35)19-7-5-6-17(13-19)25(28,29)30)18-10-15(11-18)12-21(31)20-9-8-16(24(3,26)27)14-22(20)36(4,32)33/h5-9,13-15,18H,10-12H2,1-4H3. The molecule has 0 spiro atoms. The number of sulfone groups is 2. The molecule has 1 aliphatic carbocycles. The van der Waals surface area contributed by atoms with Crippen LogP contribution in [0.15, 0.2) is 52.3 Å². The van der Waals surface area contributed by atoms with Crippen LogP contribution in [0, 0.1) is 11.8 Å². The number of hydrogen-bond acceptors (Lipinski definition) is 5. The third kappa shape index (κ3) is 5.89. The van der Waals surface area contributed by atoms with Gasteiger partial charge in [-0.15, -0.1) is 0 Å². The molecule has 0 heterocycles.